The second kappa shape index (κ2) is 8.65. The van der Waals surface area contributed by atoms with Gasteiger partial charge in [-0.25, -0.2) is 8.42 Å². The third-order valence-electron chi connectivity index (χ3n) is 4.67. The van der Waals surface area contributed by atoms with Crippen molar-refractivity contribution in [2.75, 3.05) is 24.5 Å². The van der Waals surface area contributed by atoms with Crippen molar-refractivity contribution in [2.24, 2.45) is 5.73 Å². The molecule has 1 amide bonds. The second-order valence-corrected chi connectivity index (χ2v) is 8.55. The van der Waals surface area contributed by atoms with Gasteiger partial charge >= 0.3 is 0 Å². The lowest BCUT2D eigenvalue weighted by Gasteiger charge is -2.23. The Morgan fingerprint density at radius 3 is 2.33 bits per heavy atom. The van der Waals surface area contributed by atoms with Crippen molar-refractivity contribution in [1.29, 1.82) is 0 Å². The van der Waals surface area contributed by atoms with Gasteiger partial charge in [-0.05, 0) is 49.2 Å². The molecular formula is C20H25N3O3S. The number of sulfonamides is 1. The number of nitrogens with zero attached hydrogens (tertiary/aromatic N) is 2. The van der Waals surface area contributed by atoms with Gasteiger partial charge in [0.15, 0.2) is 0 Å². The molecule has 1 heterocycles. The van der Waals surface area contributed by atoms with E-state index in [1.165, 1.54) is 4.31 Å². The number of carbonyl (C=O) groups excluding carboxylic acids is 1. The van der Waals surface area contributed by atoms with E-state index in [0.717, 1.165) is 17.7 Å². The monoisotopic (exact) mass is 387 g/mol. The summed E-state index contributed by atoms with van der Waals surface area (Å²) in [6, 6.07) is 16.1. The molecule has 0 unspecified atom stereocenters. The van der Waals surface area contributed by atoms with Gasteiger partial charge in [0.25, 0.3) is 0 Å². The Morgan fingerprint density at radius 1 is 1.04 bits per heavy atom. The number of nitrogens with two attached hydrogens (primary N) is 1. The van der Waals surface area contributed by atoms with Crippen molar-refractivity contribution in [1.82, 2.24) is 4.31 Å². The largest absolute Gasteiger partial charge is 0.330 e. The molecule has 1 fully saturated rings. The van der Waals surface area contributed by atoms with Gasteiger partial charge in [-0.3, -0.25) is 4.79 Å². The highest BCUT2D eigenvalue weighted by Gasteiger charge is 2.26. The maximum absolute atomic E-state index is 13.1. The summed E-state index contributed by atoms with van der Waals surface area (Å²) >= 11 is 0. The fraction of sp³-hybridized carbons (Fsp3) is 0.350. The van der Waals surface area contributed by atoms with Crippen molar-refractivity contribution in [3.8, 4) is 0 Å². The topological polar surface area (TPSA) is 83.7 Å². The van der Waals surface area contributed by atoms with Gasteiger partial charge in [0, 0.05) is 31.7 Å². The first-order valence-electron chi connectivity index (χ1n) is 9.17. The Labute approximate surface area is 160 Å². The molecule has 0 atom stereocenters. The van der Waals surface area contributed by atoms with E-state index in [4.69, 9.17) is 5.73 Å². The fourth-order valence-electron chi connectivity index (χ4n) is 3.21. The number of hydrogen-bond acceptors (Lipinski definition) is 4. The van der Waals surface area contributed by atoms with E-state index in [1.807, 2.05) is 30.3 Å². The molecule has 0 radical (unpaired) electrons. The molecule has 6 nitrogen and oxygen atoms in total. The lowest BCUT2D eigenvalue weighted by Crippen LogP contribution is -2.32. The molecule has 2 N–H and O–H groups in total. The fourth-order valence-corrected chi connectivity index (χ4v) is 4.67. The number of hydrogen-bond donors (Lipinski definition) is 1. The number of benzene rings is 2. The van der Waals surface area contributed by atoms with Crippen LogP contribution in [-0.4, -0.2) is 38.3 Å². The molecule has 0 aromatic heterocycles. The zero-order valence-electron chi connectivity index (χ0n) is 15.3. The van der Waals surface area contributed by atoms with E-state index >= 15 is 0 Å². The van der Waals surface area contributed by atoms with Gasteiger partial charge < -0.3 is 10.6 Å². The van der Waals surface area contributed by atoms with Crippen LogP contribution in [0.4, 0.5) is 5.69 Å². The van der Waals surface area contributed by atoms with Crippen molar-refractivity contribution in [3.05, 3.63) is 60.2 Å². The summed E-state index contributed by atoms with van der Waals surface area (Å²) in [6.07, 6.45) is 1.97. The molecule has 27 heavy (non-hydrogen) atoms. The summed E-state index contributed by atoms with van der Waals surface area (Å²) < 4.78 is 27.8. The first kappa shape index (κ1) is 19.5. The number of rotatable bonds is 8. The summed E-state index contributed by atoms with van der Waals surface area (Å²) in [7, 11) is -3.65. The van der Waals surface area contributed by atoms with Crippen LogP contribution in [0.1, 0.15) is 24.8 Å². The molecule has 0 aliphatic carbocycles. The molecule has 2 aromatic carbocycles. The molecule has 1 aliphatic rings. The standard InChI is InChI=1S/C20H25N3O3S/c21-13-5-14-22(16-17-6-2-1-3-7-17)27(25,26)19-11-9-18(10-12-19)23-15-4-8-20(23)24/h1-3,6-7,9-12H,4-5,8,13-16,21H2. The van der Waals surface area contributed by atoms with Crippen molar-refractivity contribution in [3.63, 3.8) is 0 Å². The van der Waals surface area contributed by atoms with E-state index in [9.17, 15) is 13.2 Å². The highest BCUT2D eigenvalue weighted by Crippen LogP contribution is 2.25. The number of carbonyl (C=O) groups is 1. The van der Waals surface area contributed by atoms with Crippen molar-refractivity contribution in [2.45, 2.75) is 30.7 Å². The second-order valence-electron chi connectivity index (χ2n) is 6.61. The highest BCUT2D eigenvalue weighted by atomic mass is 32.2. The molecule has 0 saturated carbocycles. The zero-order chi connectivity index (χ0) is 19.3. The molecule has 2 aromatic rings. The van der Waals surface area contributed by atoms with Gasteiger partial charge in [-0.2, -0.15) is 4.31 Å². The Balaban J connectivity index is 1.83. The van der Waals surface area contributed by atoms with E-state index < -0.39 is 10.0 Å². The minimum atomic E-state index is -3.65. The molecule has 0 bridgehead atoms. The zero-order valence-corrected chi connectivity index (χ0v) is 16.1. The van der Waals surface area contributed by atoms with E-state index in [1.54, 1.807) is 29.2 Å². The summed E-state index contributed by atoms with van der Waals surface area (Å²) in [4.78, 5) is 13.8. The van der Waals surface area contributed by atoms with Crippen LogP contribution >= 0.6 is 0 Å². The van der Waals surface area contributed by atoms with E-state index in [-0.39, 0.29) is 10.8 Å². The van der Waals surface area contributed by atoms with Gasteiger partial charge in [0.05, 0.1) is 4.90 Å². The molecular weight excluding hydrogens is 362 g/mol. The smallest absolute Gasteiger partial charge is 0.243 e. The third-order valence-corrected chi connectivity index (χ3v) is 6.53. The minimum absolute atomic E-state index is 0.0826. The first-order chi connectivity index (χ1) is 13.0. The van der Waals surface area contributed by atoms with Gasteiger partial charge in [0.2, 0.25) is 15.9 Å². The van der Waals surface area contributed by atoms with Crippen molar-refractivity contribution < 1.29 is 13.2 Å². The number of anilines is 1. The molecule has 144 valence electrons. The average Bonchev–Trinajstić information content (AvgIpc) is 3.12. The van der Waals surface area contributed by atoms with Crippen LogP contribution in [0.5, 0.6) is 0 Å². The Morgan fingerprint density at radius 2 is 1.74 bits per heavy atom. The summed E-state index contributed by atoms with van der Waals surface area (Å²) in [5, 5.41) is 0. The average molecular weight is 388 g/mol. The lowest BCUT2D eigenvalue weighted by molar-refractivity contribution is -0.117. The van der Waals surface area contributed by atoms with Crippen LogP contribution in [0.3, 0.4) is 0 Å². The molecule has 1 aliphatic heterocycles. The van der Waals surface area contributed by atoms with Gasteiger partial charge in [-0.1, -0.05) is 30.3 Å². The Bertz CT molecular complexity index is 867. The SMILES string of the molecule is NCCCN(Cc1ccccc1)S(=O)(=O)c1ccc(N2CCCC2=O)cc1. The maximum Gasteiger partial charge on any atom is 0.243 e. The van der Waals surface area contributed by atoms with Gasteiger partial charge in [-0.15, -0.1) is 0 Å². The quantitative estimate of drug-likeness (QED) is 0.754. The van der Waals surface area contributed by atoms with E-state index in [2.05, 4.69) is 0 Å². The predicted molar refractivity (Wildman–Crippen MR) is 106 cm³/mol. The molecule has 7 heteroatoms. The molecule has 3 rings (SSSR count). The number of amides is 1. The molecule has 1 saturated heterocycles. The van der Waals surface area contributed by atoms with E-state index in [0.29, 0.717) is 39.0 Å². The summed E-state index contributed by atoms with van der Waals surface area (Å²) in [5.74, 6) is 0.0826. The van der Waals surface area contributed by atoms with Crippen LogP contribution in [0.2, 0.25) is 0 Å². The third kappa shape index (κ3) is 4.55. The lowest BCUT2D eigenvalue weighted by atomic mass is 10.2. The Kier molecular flexibility index (Phi) is 6.26. The van der Waals surface area contributed by atoms with Crippen LogP contribution in [0.15, 0.2) is 59.5 Å². The Hall–Kier alpha value is -2.22. The first-order valence-corrected chi connectivity index (χ1v) is 10.6. The highest BCUT2D eigenvalue weighted by molar-refractivity contribution is 7.89. The summed E-state index contributed by atoms with van der Waals surface area (Å²) in [6.45, 7) is 1.77. The predicted octanol–water partition coefficient (Wildman–Crippen LogP) is 2.35. The van der Waals surface area contributed by atoms with Crippen LogP contribution in [-0.2, 0) is 21.4 Å². The maximum atomic E-state index is 13.1. The summed E-state index contributed by atoms with van der Waals surface area (Å²) in [5.41, 5.74) is 7.27. The van der Waals surface area contributed by atoms with Crippen molar-refractivity contribution >= 4 is 21.6 Å². The normalized spacial score (nSPS) is 14.9. The van der Waals surface area contributed by atoms with Crippen LogP contribution < -0.4 is 10.6 Å². The van der Waals surface area contributed by atoms with Crippen LogP contribution in [0, 0.1) is 0 Å². The van der Waals surface area contributed by atoms with Gasteiger partial charge in [0.1, 0.15) is 0 Å². The minimum Gasteiger partial charge on any atom is -0.330 e. The van der Waals surface area contributed by atoms with Crippen LogP contribution in [0.25, 0.3) is 0 Å². The molecule has 0 spiro atoms.